The summed E-state index contributed by atoms with van der Waals surface area (Å²) in [6.07, 6.45) is 9.90. The quantitative estimate of drug-likeness (QED) is 0.665. The van der Waals surface area contributed by atoms with Gasteiger partial charge in [0.1, 0.15) is 0 Å². The van der Waals surface area contributed by atoms with E-state index in [0.29, 0.717) is 0 Å². The molecule has 0 aromatic heterocycles. The van der Waals surface area contributed by atoms with E-state index in [1.54, 1.807) is 5.56 Å². The number of rotatable bonds is 3. The zero-order valence-electron chi connectivity index (χ0n) is 9.71. The molecular formula is C15H19Br. The first-order chi connectivity index (χ1) is 7.83. The van der Waals surface area contributed by atoms with E-state index >= 15 is 0 Å². The predicted octanol–water partition coefficient (Wildman–Crippen LogP) is 5.23. The summed E-state index contributed by atoms with van der Waals surface area (Å²) in [5, 5.41) is 0. The highest BCUT2D eigenvalue weighted by Crippen LogP contribution is 2.38. The lowest BCUT2D eigenvalue weighted by atomic mass is 9.81. The van der Waals surface area contributed by atoms with Crippen LogP contribution in [0, 0.1) is 0 Å². The summed E-state index contributed by atoms with van der Waals surface area (Å²) in [5.74, 6) is 0.763. The molecule has 0 atom stereocenters. The van der Waals surface area contributed by atoms with Crippen molar-refractivity contribution in [2.75, 3.05) is 0 Å². The molecule has 0 N–H and O–H groups in total. The van der Waals surface area contributed by atoms with Crippen molar-refractivity contribution in [1.29, 1.82) is 0 Å². The van der Waals surface area contributed by atoms with Crippen molar-refractivity contribution in [3.05, 3.63) is 46.5 Å². The summed E-state index contributed by atoms with van der Waals surface area (Å²) in [6, 6.07) is 6.56. The lowest BCUT2D eigenvalue weighted by molar-refractivity contribution is 0.441. The standard InChI is InChI=1S/C15H19Br/c1-2-7-12-10-6-11-14(16)15(12)13-8-4-3-5-9-13/h2,6,10-11,13H,1,3-5,7-9H2. The Morgan fingerprint density at radius 3 is 2.69 bits per heavy atom. The molecule has 16 heavy (non-hydrogen) atoms. The van der Waals surface area contributed by atoms with Gasteiger partial charge in [-0.05, 0) is 42.4 Å². The molecule has 1 aliphatic carbocycles. The number of benzene rings is 1. The summed E-state index contributed by atoms with van der Waals surface area (Å²) in [6.45, 7) is 3.86. The van der Waals surface area contributed by atoms with Crippen molar-refractivity contribution in [1.82, 2.24) is 0 Å². The first-order valence-electron chi connectivity index (χ1n) is 6.21. The number of halogens is 1. The molecule has 0 nitrogen and oxygen atoms in total. The summed E-state index contributed by atoms with van der Waals surface area (Å²) >= 11 is 3.72. The predicted molar refractivity (Wildman–Crippen MR) is 73.9 cm³/mol. The van der Waals surface area contributed by atoms with Gasteiger partial charge in [0, 0.05) is 4.47 Å². The molecule has 0 saturated heterocycles. The highest BCUT2D eigenvalue weighted by atomic mass is 79.9. The molecule has 1 aromatic rings. The molecular weight excluding hydrogens is 260 g/mol. The minimum Gasteiger partial charge on any atom is -0.103 e. The molecule has 0 spiro atoms. The molecule has 0 unspecified atom stereocenters. The van der Waals surface area contributed by atoms with Crippen LogP contribution >= 0.6 is 15.9 Å². The first kappa shape index (κ1) is 11.9. The molecule has 1 saturated carbocycles. The molecule has 0 radical (unpaired) electrons. The number of hydrogen-bond acceptors (Lipinski definition) is 0. The smallest absolute Gasteiger partial charge is 0.0212 e. The van der Waals surface area contributed by atoms with Crippen molar-refractivity contribution in [2.45, 2.75) is 44.4 Å². The Morgan fingerprint density at radius 2 is 2.00 bits per heavy atom. The second-order valence-corrected chi connectivity index (χ2v) is 5.49. The lowest BCUT2D eigenvalue weighted by Crippen LogP contribution is -2.08. The topological polar surface area (TPSA) is 0 Å². The third kappa shape index (κ3) is 2.57. The van der Waals surface area contributed by atoms with Crippen molar-refractivity contribution < 1.29 is 0 Å². The highest BCUT2D eigenvalue weighted by Gasteiger charge is 2.19. The lowest BCUT2D eigenvalue weighted by Gasteiger charge is -2.25. The Bertz CT molecular complexity index is 362. The second kappa shape index (κ2) is 5.67. The van der Waals surface area contributed by atoms with Gasteiger partial charge in [0.05, 0.1) is 0 Å². The van der Waals surface area contributed by atoms with Crippen LogP contribution in [0.3, 0.4) is 0 Å². The molecule has 1 aromatic carbocycles. The van der Waals surface area contributed by atoms with Gasteiger partial charge in [-0.3, -0.25) is 0 Å². The van der Waals surface area contributed by atoms with Crippen LogP contribution in [0.25, 0.3) is 0 Å². The second-order valence-electron chi connectivity index (χ2n) is 4.64. The van der Waals surface area contributed by atoms with Crippen LogP contribution in [0.1, 0.15) is 49.1 Å². The maximum absolute atomic E-state index is 3.86. The molecule has 1 fully saturated rings. The van der Waals surface area contributed by atoms with Gasteiger partial charge in [-0.2, -0.15) is 0 Å². The van der Waals surface area contributed by atoms with E-state index in [9.17, 15) is 0 Å². The molecule has 0 heterocycles. The largest absolute Gasteiger partial charge is 0.103 e. The highest BCUT2D eigenvalue weighted by molar-refractivity contribution is 9.10. The minimum absolute atomic E-state index is 0.763. The van der Waals surface area contributed by atoms with Crippen molar-refractivity contribution in [2.24, 2.45) is 0 Å². The fourth-order valence-corrected chi connectivity index (χ4v) is 3.49. The van der Waals surface area contributed by atoms with Crippen molar-refractivity contribution >= 4 is 15.9 Å². The Kier molecular flexibility index (Phi) is 4.22. The van der Waals surface area contributed by atoms with E-state index in [1.165, 1.54) is 42.1 Å². The summed E-state index contributed by atoms with van der Waals surface area (Å²) in [7, 11) is 0. The molecule has 1 heteroatoms. The third-order valence-corrected chi connectivity index (χ3v) is 4.21. The van der Waals surface area contributed by atoms with E-state index < -0.39 is 0 Å². The fourth-order valence-electron chi connectivity index (χ4n) is 2.76. The first-order valence-corrected chi connectivity index (χ1v) is 7.00. The zero-order chi connectivity index (χ0) is 11.4. The van der Waals surface area contributed by atoms with Crippen LogP contribution in [0.15, 0.2) is 35.3 Å². The summed E-state index contributed by atoms with van der Waals surface area (Å²) in [4.78, 5) is 0. The van der Waals surface area contributed by atoms with Crippen LogP contribution in [0.4, 0.5) is 0 Å². The van der Waals surface area contributed by atoms with Gasteiger partial charge in [-0.25, -0.2) is 0 Å². The van der Waals surface area contributed by atoms with Crippen molar-refractivity contribution in [3.63, 3.8) is 0 Å². The van der Waals surface area contributed by atoms with Crippen LogP contribution in [-0.2, 0) is 6.42 Å². The number of hydrogen-bond donors (Lipinski definition) is 0. The molecule has 0 bridgehead atoms. The average Bonchev–Trinajstić information content (AvgIpc) is 2.31. The van der Waals surface area contributed by atoms with E-state index in [4.69, 9.17) is 0 Å². The molecule has 86 valence electrons. The van der Waals surface area contributed by atoms with Gasteiger partial charge in [0.15, 0.2) is 0 Å². The SMILES string of the molecule is C=CCc1cccc(Br)c1C1CCCCC1. The maximum Gasteiger partial charge on any atom is 0.0212 e. The van der Waals surface area contributed by atoms with E-state index in [-0.39, 0.29) is 0 Å². The Morgan fingerprint density at radius 1 is 1.25 bits per heavy atom. The maximum atomic E-state index is 3.86. The Hall–Kier alpha value is -0.560. The van der Waals surface area contributed by atoms with Gasteiger partial charge in [-0.1, -0.05) is 53.4 Å². The zero-order valence-corrected chi connectivity index (χ0v) is 11.3. The Labute approximate surface area is 107 Å². The van der Waals surface area contributed by atoms with E-state index in [0.717, 1.165) is 12.3 Å². The summed E-state index contributed by atoms with van der Waals surface area (Å²) < 4.78 is 1.29. The van der Waals surface area contributed by atoms with Crippen molar-refractivity contribution in [3.8, 4) is 0 Å². The fraction of sp³-hybridized carbons (Fsp3) is 0.467. The van der Waals surface area contributed by atoms with Gasteiger partial charge >= 0.3 is 0 Å². The molecule has 0 aliphatic heterocycles. The van der Waals surface area contributed by atoms with Gasteiger partial charge < -0.3 is 0 Å². The van der Waals surface area contributed by atoms with Crippen LogP contribution in [-0.4, -0.2) is 0 Å². The normalized spacial score (nSPS) is 17.3. The Balaban J connectivity index is 2.31. The summed E-state index contributed by atoms with van der Waals surface area (Å²) in [5.41, 5.74) is 3.00. The van der Waals surface area contributed by atoms with E-state index in [2.05, 4.69) is 40.7 Å². The van der Waals surface area contributed by atoms with Gasteiger partial charge in [-0.15, -0.1) is 6.58 Å². The monoisotopic (exact) mass is 278 g/mol. The van der Waals surface area contributed by atoms with Crippen LogP contribution < -0.4 is 0 Å². The van der Waals surface area contributed by atoms with Gasteiger partial charge in [0.2, 0.25) is 0 Å². The third-order valence-electron chi connectivity index (χ3n) is 3.52. The average molecular weight is 279 g/mol. The van der Waals surface area contributed by atoms with Crippen LogP contribution in [0.2, 0.25) is 0 Å². The van der Waals surface area contributed by atoms with E-state index in [1.807, 2.05) is 6.08 Å². The molecule has 2 rings (SSSR count). The van der Waals surface area contributed by atoms with Gasteiger partial charge in [0.25, 0.3) is 0 Å². The minimum atomic E-state index is 0.763. The molecule has 1 aliphatic rings. The van der Waals surface area contributed by atoms with Crippen LogP contribution in [0.5, 0.6) is 0 Å². The number of allylic oxidation sites excluding steroid dienone is 1. The molecule has 0 amide bonds.